The van der Waals surface area contributed by atoms with Gasteiger partial charge in [-0.25, -0.2) is 4.98 Å². The van der Waals surface area contributed by atoms with Gasteiger partial charge in [0.2, 0.25) is 5.89 Å². The molecular weight excluding hydrogens is 338 g/mol. The third kappa shape index (κ3) is 5.59. The summed E-state index contributed by atoms with van der Waals surface area (Å²) in [5.41, 5.74) is 3.11. The number of hydrogen-bond acceptors (Lipinski definition) is 5. The van der Waals surface area contributed by atoms with E-state index in [0.717, 1.165) is 36.5 Å². The van der Waals surface area contributed by atoms with Crippen molar-refractivity contribution in [3.8, 4) is 17.2 Å². The van der Waals surface area contributed by atoms with Crippen molar-refractivity contribution in [2.75, 3.05) is 31.6 Å². The molecule has 0 saturated carbocycles. The molecule has 0 aliphatic heterocycles. The van der Waals surface area contributed by atoms with Gasteiger partial charge in [-0.1, -0.05) is 18.2 Å². The van der Waals surface area contributed by atoms with Crippen molar-refractivity contribution in [2.45, 2.75) is 19.9 Å². The highest BCUT2D eigenvalue weighted by molar-refractivity contribution is 5.54. The van der Waals surface area contributed by atoms with Crippen molar-refractivity contribution in [3.05, 3.63) is 66.6 Å². The minimum atomic E-state index is 0.638. The Morgan fingerprint density at radius 1 is 1.07 bits per heavy atom. The molecule has 0 spiro atoms. The summed E-state index contributed by atoms with van der Waals surface area (Å²) < 4.78 is 11.1. The van der Waals surface area contributed by atoms with E-state index in [-0.39, 0.29) is 0 Å². The normalized spacial score (nSPS) is 10.7. The van der Waals surface area contributed by atoms with Gasteiger partial charge in [0.1, 0.15) is 12.0 Å². The number of hydrogen-bond donors (Lipinski definition) is 1. The molecule has 1 heterocycles. The van der Waals surface area contributed by atoms with Crippen LogP contribution in [0, 0.1) is 0 Å². The summed E-state index contributed by atoms with van der Waals surface area (Å²) in [5, 5.41) is 3.43. The summed E-state index contributed by atoms with van der Waals surface area (Å²) in [4.78, 5) is 6.82. The summed E-state index contributed by atoms with van der Waals surface area (Å²) in [6, 6.07) is 18.2. The summed E-state index contributed by atoms with van der Waals surface area (Å²) in [6.45, 7) is 5.28. The highest BCUT2D eigenvalue weighted by Gasteiger charge is 2.07. The lowest BCUT2D eigenvalue weighted by Gasteiger charge is -2.19. The second-order valence-electron chi connectivity index (χ2n) is 6.39. The van der Waals surface area contributed by atoms with E-state index in [1.54, 1.807) is 6.26 Å². The van der Waals surface area contributed by atoms with Crippen LogP contribution in [0.15, 0.2) is 65.3 Å². The van der Waals surface area contributed by atoms with Crippen molar-refractivity contribution in [1.82, 2.24) is 10.3 Å². The molecular formula is C22H27N3O2. The molecule has 3 rings (SSSR count). The van der Waals surface area contributed by atoms with Gasteiger partial charge >= 0.3 is 0 Å². The summed E-state index contributed by atoms with van der Waals surface area (Å²) in [6.07, 6.45) is 2.78. The largest absolute Gasteiger partial charge is 0.494 e. The SMILES string of the molecule is CCOc1ccc(-c2nc(CNCCCN(C)c3ccccc3)co2)cc1. The first-order valence-corrected chi connectivity index (χ1v) is 9.41. The van der Waals surface area contributed by atoms with Crippen molar-refractivity contribution in [2.24, 2.45) is 0 Å². The highest BCUT2D eigenvalue weighted by atomic mass is 16.5. The average molecular weight is 365 g/mol. The molecule has 142 valence electrons. The van der Waals surface area contributed by atoms with Gasteiger partial charge in [0.05, 0.1) is 12.3 Å². The Labute approximate surface area is 161 Å². The van der Waals surface area contributed by atoms with E-state index in [2.05, 4.69) is 46.5 Å². The Kier molecular flexibility index (Phi) is 6.88. The number of nitrogens with one attached hydrogen (secondary N) is 1. The molecule has 0 bridgehead atoms. The minimum Gasteiger partial charge on any atom is -0.494 e. The van der Waals surface area contributed by atoms with Gasteiger partial charge in [0, 0.05) is 31.4 Å². The molecule has 0 aliphatic carbocycles. The van der Waals surface area contributed by atoms with E-state index in [9.17, 15) is 0 Å². The third-order valence-corrected chi connectivity index (χ3v) is 4.31. The lowest BCUT2D eigenvalue weighted by Crippen LogP contribution is -2.23. The van der Waals surface area contributed by atoms with Gasteiger partial charge < -0.3 is 19.4 Å². The molecule has 5 nitrogen and oxygen atoms in total. The summed E-state index contributed by atoms with van der Waals surface area (Å²) >= 11 is 0. The maximum Gasteiger partial charge on any atom is 0.226 e. The topological polar surface area (TPSA) is 50.5 Å². The molecule has 1 N–H and O–H groups in total. The Bertz CT molecular complexity index is 800. The molecule has 0 amide bonds. The highest BCUT2D eigenvalue weighted by Crippen LogP contribution is 2.22. The molecule has 2 aromatic carbocycles. The molecule has 3 aromatic rings. The van der Waals surface area contributed by atoms with Gasteiger partial charge in [0.25, 0.3) is 0 Å². The number of nitrogens with zero attached hydrogens (tertiary/aromatic N) is 2. The molecule has 0 radical (unpaired) electrons. The van der Waals surface area contributed by atoms with Gasteiger partial charge in [-0.2, -0.15) is 0 Å². The molecule has 0 aliphatic rings. The van der Waals surface area contributed by atoms with Crippen LogP contribution in [0.4, 0.5) is 5.69 Å². The lowest BCUT2D eigenvalue weighted by molar-refractivity contribution is 0.340. The molecule has 27 heavy (non-hydrogen) atoms. The quantitative estimate of drug-likeness (QED) is 0.541. The number of benzene rings is 2. The van der Waals surface area contributed by atoms with Crippen molar-refractivity contribution >= 4 is 5.69 Å². The maximum absolute atomic E-state index is 5.60. The maximum atomic E-state index is 5.60. The van der Waals surface area contributed by atoms with Crippen LogP contribution in [0.25, 0.3) is 11.5 Å². The zero-order chi connectivity index (χ0) is 18.9. The van der Waals surface area contributed by atoms with Crippen LogP contribution >= 0.6 is 0 Å². The average Bonchev–Trinajstić information content (AvgIpc) is 3.18. The Morgan fingerprint density at radius 2 is 1.85 bits per heavy atom. The van der Waals surface area contributed by atoms with E-state index in [1.807, 2.05) is 37.3 Å². The minimum absolute atomic E-state index is 0.638. The van der Waals surface area contributed by atoms with Gasteiger partial charge in [0.15, 0.2) is 0 Å². The number of aromatic nitrogens is 1. The van der Waals surface area contributed by atoms with Crippen LogP contribution in [0.2, 0.25) is 0 Å². The van der Waals surface area contributed by atoms with E-state index < -0.39 is 0 Å². The lowest BCUT2D eigenvalue weighted by atomic mass is 10.2. The fraction of sp³-hybridized carbons (Fsp3) is 0.318. The number of oxazole rings is 1. The second kappa shape index (κ2) is 9.78. The predicted molar refractivity (Wildman–Crippen MR) is 109 cm³/mol. The van der Waals surface area contributed by atoms with Gasteiger partial charge in [-0.3, -0.25) is 0 Å². The zero-order valence-corrected chi connectivity index (χ0v) is 16.0. The number of anilines is 1. The third-order valence-electron chi connectivity index (χ3n) is 4.31. The van der Waals surface area contributed by atoms with E-state index in [0.29, 0.717) is 19.0 Å². The van der Waals surface area contributed by atoms with Crippen molar-refractivity contribution < 1.29 is 9.15 Å². The zero-order valence-electron chi connectivity index (χ0n) is 16.0. The molecule has 0 atom stereocenters. The van der Waals surface area contributed by atoms with Crippen LogP contribution in [-0.4, -0.2) is 31.7 Å². The molecule has 5 heteroatoms. The first-order valence-electron chi connectivity index (χ1n) is 9.41. The van der Waals surface area contributed by atoms with Crippen molar-refractivity contribution in [1.29, 1.82) is 0 Å². The fourth-order valence-corrected chi connectivity index (χ4v) is 2.85. The molecule has 1 aromatic heterocycles. The molecule has 0 unspecified atom stereocenters. The number of rotatable bonds is 10. The van der Waals surface area contributed by atoms with E-state index >= 15 is 0 Å². The predicted octanol–water partition coefficient (Wildman–Crippen LogP) is 4.36. The van der Waals surface area contributed by atoms with Crippen LogP contribution in [0.3, 0.4) is 0 Å². The van der Waals surface area contributed by atoms with Crippen LogP contribution in [0.1, 0.15) is 19.0 Å². The number of ether oxygens (including phenoxy) is 1. The standard InChI is InChI=1S/C22H27N3O2/c1-3-26-21-12-10-18(11-13-21)22-24-19(17-27-22)16-23-14-7-15-25(2)20-8-5-4-6-9-20/h4-6,8-13,17,23H,3,7,14-16H2,1-2H3. The van der Waals surface area contributed by atoms with Gasteiger partial charge in [-0.05, 0) is 56.3 Å². The Hall–Kier alpha value is -2.79. The van der Waals surface area contributed by atoms with Crippen LogP contribution < -0.4 is 15.0 Å². The molecule has 0 fully saturated rings. The summed E-state index contributed by atoms with van der Waals surface area (Å²) in [5.74, 6) is 1.49. The Morgan fingerprint density at radius 3 is 2.59 bits per heavy atom. The summed E-state index contributed by atoms with van der Waals surface area (Å²) in [7, 11) is 2.12. The van der Waals surface area contributed by atoms with Crippen LogP contribution in [0.5, 0.6) is 5.75 Å². The second-order valence-corrected chi connectivity index (χ2v) is 6.39. The smallest absolute Gasteiger partial charge is 0.226 e. The van der Waals surface area contributed by atoms with Gasteiger partial charge in [-0.15, -0.1) is 0 Å². The van der Waals surface area contributed by atoms with Crippen molar-refractivity contribution in [3.63, 3.8) is 0 Å². The van der Waals surface area contributed by atoms with E-state index in [4.69, 9.17) is 9.15 Å². The molecule has 0 saturated heterocycles. The number of para-hydroxylation sites is 1. The Balaban J connectivity index is 1.40. The first kappa shape index (κ1) is 19.0. The fourth-order valence-electron chi connectivity index (χ4n) is 2.85. The monoisotopic (exact) mass is 365 g/mol. The van der Waals surface area contributed by atoms with Crippen LogP contribution in [-0.2, 0) is 6.54 Å². The first-order chi connectivity index (χ1) is 13.3. The van der Waals surface area contributed by atoms with E-state index in [1.165, 1.54) is 5.69 Å².